The number of carbonyl (C=O) groups is 1. The lowest BCUT2D eigenvalue weighted by Crippen LogP contribution is -2.41. The van der Waals surface area contributed by atoms with Gasteiger partial charge in [0.15, 0.2) is 12.3 Å². The molecule has 27 heavy (non-hydrogen) atoms. The van der Waals surface area contributed by atoms with Crippen molar-refractivity contribution in [1.29, 1.82) is 0 Å². The lowest BCUT2D eigenvalue weighted by Gasteiger charge is -2.33. The molecule has 1 amide bonds. The summed E-state index contributed by atoms with van der Waals surface area (Å²) in [5, 5.41) is 14.6. The molecule has 0 spiro atoms. The lowest BCUT2D eigenvalue weighted by atomic mass is 10.0. The fraction of sp³-hybridized carbons (Fsp3) is 0.389. The number of rotatable bonds is 5. The van der Waals surface area contributed by atoms with Crippen LogP contribution < -0.4 is 4.74 Å². The number of likely N-dealkylation sites (tertiary alicyclic amines) is 1. The van der Waals surface area contributed by atoms with Gasteiger partial charge in [-0.3, -0.25) is 4.79 Å². The summed E-state index contributed by atoms with van der Waals surface area (Å²) < 4.78 is 11.1. The number of piperidine rings is 1. The van der Waals surface area contributed by atoms with E-state index >= 15 is 0 Å². The molecule has 9 nitrogen and oxygen atoms in total. The number of aromatic amines is 1. The molecule has 1 aliphatic heterocycles. The molecule has 140 valence electrons. The highest BCUT2D eigenvalue weighted by molar-refractivity contribution is 5.78. The van der Waals surface area contributed by atoms with Crippen LogP contribution in [-0.4, -0.2) is 49.5 Å². The summed E-state index contributed by atoms with van der Waals surface area (Å²) in [6, 6.07) is 9.04. The molecule has 1 N–H and O–H groups in total. The molecule has 1 fully saturated rings. The van der Waals surface area contributed by atoms with E-state index in [0.29, 0.717) is 35.4 Å². The first-order valence-corrected chi connectivity index (χ1v) is 8.91. The van der Waals surface area contributed by atoms with Crippen molar-refractivity contribution in [3.05, 3.63) is 41.9 Å². The van der Waals surface area contributed by atoms with Gasteiger partial charge in [-0.25, -0.2) is 0 Å². The van der Waals surface area contributed by atoms with Crippen molar-refractivity contribution in [3.8, 4) is 17.3 Å². The third kappa shape index (κ3) is 3.67. The highest BCUT2D eigenvalue weighted by Crippen LogP contribution is 2.31. The summed E-state index contributed by atoms with van der Waals surface area (Å²) in [4.78, 5) is 18.9. The minimum atomic E-state index is -0.251. The number of carbonyl (C=O) groups excluding carboxylic acids is 1. The predicted molar refractivity (Wildman–Crippen MR) is 94.7 cm³/mol. The third-order valence-corrected chi connectivity index (χ3v) is 4.59. The molecule has 3 aromatic rings. The molecular weight excluding hydrogens is 348 g/mol. The molecule has 0 bridgehead atoms. The zero-order valence-corrected chi connectivity index (χ0v) is 15.0. The smallest absolute Gasteiger partial charge is 0.261 e. The number of nitrogens with zero attached hydrogens (tertiary/aromatic N) is 5. The van der Waals surface area contributed by atoms with Gasteiger partial charge >= 0.3 is 0 Å². The Labute approximate surface area is 155 Å². The number of hydrogen-bond donors (Lipinski definition) is 1. The van der Waals surface area contributed by atoms with E-state index in [-0.39, 0.29) is 18.6 Å². The van der Waals surface area contributed by atoms with Crippen LogP contribution in [0.4, 0.5) is 0 Å². The zero-order chi connectivity index (χ0) is 18.6. The summed E-state index contributed by atoms with van der Waals surface area (Å²) in [7, 11) is 0. The second kappa shape index (κ2) is 7.56. The third-order valence-electron chi connectivity index (χ3n) is 4.59. The van der Waals surface area contributed by atoms with Gasteiger partial charge in [-0.2, -0.15) is 20.4 Å². The normalized spacial score (nSPS) is 17.1. The van der Waals surface area contributed by atoms with Crippen molar-refractivity contribution in [3.63, 3.8) is 0 Å². The van der Waals surface area contributed by atoms with Crippen LogP contribution >= 0.6 is 0 Å². The Morgan fingerprint density at radius 2 is 2.15 bits per heavy atom. The summed E-state index contributed by atoms with van der Waals surface area (Å²) >= 11 is 0. The summed E-state index contributed by atoms with van der Waals surface area (Å²) in [5.74, 6) is 1.36. The van der Waals surface area contributed by atoms with Crippen LogP contribution in [0.25, 0.3) is 11.5 Å². The Balaban J connectivity index is 1.48. The van der Waals surface area contributed by atoms with E-state index in [4.69, 9.17) is 9.26 Å². The minimum absolute atomic E-state index is 0.0239. The van der Waals surface area contributed by atoms with E-state index in [2.05, 4.69) is 25.6 Å². The number of amides is 1. The van der Waals surface area contributed by atoms with E-state index in [1.54, 1.807) is 4.90 Å². The van der Waals surface area contributed by atoms with Gasteiger partial charge in [-0.1, -0.05) is 23.4 Å². The predicted octanol–water partition coefficient (Wildman–Crippen LogP) is 2.30. The minimum Gasteiger partial charge on any atom is -0.484 e. The molecule has 4 rings (SSSR count). The number of aryl methyl sites for hydroxylation is 1. The molecule has 9 heteroatoms. The molecule has 1 saturated heterocycles. The molecule has 0 unspecified atom stereocenters. The number of ether oxygens (including phenoxy) is 1. The molecular formula is C18H20N6O3. The molecule has 0 radical (unpaired) electrons. The van der Waals surface area contributed by atoms with Crippen LogP contribution in [0.3, 0.4) is 0 Å². The van der Waals surface area contributed by atoms with Crippen molar-refractivity contribution in [2.75, 3.05) is 13.2 Å². The van der Waals surface area contributed by atoms with Gasteiger partial charge in [0, 0.05) is 6.54 Å². The van der Waals surface area contributed by atoms with Crippen LogP contribution in [0.2, 0.25) is 0 Å². The molecule has 1 aromatic carbocycles. The van der Waals surface area contributed by atoms with Crippen LogP contribution in [0.5, 0.6) is 5.75 Å². The fourth-order valence-corrected chi connectivity index (χ4v) is 3.19. The molecule has 3 heterocycles. The maximum Gasteiger partial charge on any atom is 0.261 e. The highest BCUT2D eigenvalue weighted by atomic mass is 16.5. The molecule has 1 aliphatic rings. The largest absolute Gasteiger partial charge is 0.484 e. The maximum atomic E-state index is 12.7. The first kappa shape index (κ1) is 17.2. The van der Waals surface area contributed by atoms with Crippen molar-refractivity contribution in [2.45, 2.75) is 32.2 Å². The number of nitrogens with one attached hydrogen (secondary N) is 1. The Hall–Kier alpha value is -3.23. The van der Waals surface area contributed by atoms with Crippen molar-refractivity contribution in [2.24, 2.45) is 0 Å². The Morgan fingerprint density at radius 1 is 1.30 bits per heavy atom. The van der Waals surface area contributed by atoms with E-state index in [1.807, 2.05) is 37.3 Å². The summed E-state index contributed by atoms with van der Waals surface area (Å²) in [5.41, 5.74) is 1.24. The average molecular weight is 368 g/mol. The van der Waals surface area contributed by atoms with E-state index in [9.17, 15) is 4.79 Å². The van der Waals surface area contributed by atoms with Gasteiger partial charge in [-0.05, 0) is 38.3 Å². The first-order valence-electron chi connectivity index (χ1n) is 8.91. The van der Waals surface area contributed by atoms with Crippen LogP contribution in [0, 0.1) is 6.92 Å². The quantitative estimate of drug-likeness (QED) is 0.735. The summed E-state index contributed by atoms with van der Waals surface area (Å²) in [6.07, 6.45) is 2.71. The van der Waals surface area contributed by atoms with Gasteiger partial charge < -0.3 is 14.2 Å². The highest BCUT2D eigenvalue weighted by Gasteiger charge is 2.32. The van der Waals surface area contributed by atoms with Gasteiger partial charge in [0.05, 0.1) is 5.69 Å². The number of para-hydroxylation sites is 1. The topological polar surface area (TPSA) is 110 Å². The fourth-order valence-electron chi connectivity index (χ4n) is 3.19. The van der Waals surface area contributed by atoms with E-state index in [1.165, 1.54) is 0 Å². The number of H-pyrrole nitrogens is 1. The van der Waals surface area contributed by atoms with Crippen LogP contribution in [-0.2, 0) is 4.79 Å². The van der Waals surface area contributed by atoms with Crippen molar-refractivity contribution in [1.82, 2.24) is 30.5 Å². The van der Waals surface area contributed by atoms with Crippen molar-refractivity contribution < 1.29 is 14.1 Å². The van der Waals surface area contributed by atoms with Gasteiger partial charge in [-0.15, -0.1) is 0 Å². The Morgan fingerprint density at radius 3 is 2.93 bits per heavy atom. The zero-order valence-electron chi connectivity index (χ0n) is 15.0. The number of benzene rings is 1. The van der Waals surface area contributed by atoms with E-state index < -0.39 is 0 Å². The Bertz CT molecular complexity index is 907. The molecule has 0 saturated carbocycles. The SMILES string of the molecule is Cc1n[nH]nc1-c1noc([C@H]2CCCCN2C(=O)COc2ccccc2)n1. The monoisotopic (exact) mass is 368 g/mol. The standard InChI is InChI=1S/C18H20N6O3/c1-12-16(21-23-20-12)17-19-18(27-22-17)14-9-5-6-10-24(14)15(25)11-26-13-7-3-2-4-8-13/h2-4,7-8,14H,5-6,9-11H2,1H3,(H,20,21,23)/t14-/m1/s1. The second-order valence-corrected chi connectivity index (χ2v) is 6.41. The Kier molecular flexibility index (Phi) is 4.82. The van der Waals surface area contributed by atoms with Gasteiger partial charge in [0.2, 0.25) is 11.7 Å². The van der Waals surface area contributed by atoms with Crippen LogP contribution in [0.15, 0.2) is 34.9 Å². The van der Waals surface area contributed by atoms with Crippen LogP contribution in [0.1, 0.15) is 36.9 Å². The number of aromatic nitrogens is 5. The van der Waals surface area contributed by atoms with Gasteiger partial charge in [0.1, 0.15) is 11.8 Å². The first-order chi connectivity index (χ1) is 13.2. The molecule has 0 aliphatic carbocycles. The molecule has 1 atom stereocenters. The lowest BCUT2D eigenvalue weighted by molar-refractivity contribution is -0.138. The van der Waals surface area contributed by atoms with E-state index in [0.717, 1.165) is 19.3 Å². The molecule has 2 aromatic heterocycles. The van der Waals surface area contributed by atoms with Gasteiger partial charge in [0.25, 0.3) is 5.91 Å². The van der Waals surface area contributed by atoms with Crippen molar-refractivity contribution >= 4 is 5.91 Å². The number of hydrogen-bond acceptors (Lipinski definition) is 7. The second-order valence-electron chi connectivity index (χ2n) is 6.41. The average Bonchev–Trinajstić information content (AvgIpc) is 3.35. The maximum absolute atomic E-state index is 12.7. The summed E-state index contributed by atoms with van der Waals surface area (Å²) in [6.45, 7) is 2.43.